The summed E-state index contributed by atoms with van der Waals surface area (Å²) in [6, 6.07) is -0.0955. The maximum atomic E-state index is 12.2. The van der Waals surface area contributed by atoms with Gasteiger partial charge in [-0.15, -0.1) is 0 Å². The van der Waals surface area contributed by atoms with Crippen LogP contribution in [-0.2, 0) is 4.79 Å². The molecule has 0 radical (unpaired) electrons. The fourth-order valence-electron chi connectivity index (χ4n) is 2.36. The SMILES string of the molecule is CCCC1(C(=O)N[C@@H](CC)CO)CCNC1. The van der Waals surface area contributed by atoms with Crippen LogP contribution in [0.2, 0.25) is 0 Å². The van der Waals surface area contributed by atoms with Crippen LogP contribution in [0.1, 0.15) is 39.5 Å². The Bertz CT molecular complexity index is 221. The maximum Gasteiger partial charge on any atom is 0.227 e. The summed E-state index contributed by atoms with van der Waals surface area (Å²) in [5.74, 6) is 0.111. The predicted molar refractivity (Wildman–Crippen MR) is 64.1 cm³/mol. The lowest BCUT2D eigenvalue weighted by molar-refractivity contribution is -0.131. The molecule has 4 heteroatoms. The second kappa shape index (κ2) is 6.21. The second-order valence-corrected chi connectivity index (χ2v) is 4.72. The van der Waals surface area contributed by atoms with Crippen LogP contribution in [0.4, 0.5) is 0 Å². The summed E-state index contributed by atoms with van der Waals surface area (Å²) in [4.78, 5) is 12.2. The molecule has 0 saturated carbocycles. The zero-order valence-electron chi connectivity index (χ0n) is 10.4. The summed E-state index contributed by atoms with van der Waals surface area (Å²) < 4.78 is 0. The van der Waals surface area contributed by atoms with Crippen LogP contribution < -0.4 is 10.6 Å². The number of carbonyl (C=O) groups is 1. The zero-order chi connectivity index (χ0) is 12.0. The average Bonchev–Trinajstić information content (AvgIpc) is 2.76. The highest BCUT2D eigenvalue weighted by molar-refractivity contribution is 5.83. The van der Waals surface area contributed by atoms with E-state index in [2.05, 4.69) is 17.6 Å². The Morgan fingerprint density at radius 1 is 1.56 bits per heavy atom. The first-order valence-corrected chi connectivity index (χ1v) is 6.31. The summed E-state index contributed by atoms with van der Waals surface area (Å²) in [5.41, 5.74) is -0.239. The van der Waals surface area contributed by atoms with Crippen LogP contribution in [0.25, 0.3) is 0 Å². The molecule has 1 aliphatic heterocycles. The van der Waals surface area contributed by atoms with E-state index in [-0.39, 0.29) is 24.0 Å². The van der Waals surface area contributed by atoms with Crippen LogP contribution in [0.3, 0.4) is 0 Å². The van der Waals surface area contributed by atoms with Gasteiger partial charge < -0.3 is 15.7 Å². The van der Waals surface area contributed by atoms with Crippen LogP contribution in [0.5, 0.6) is 0 Å². The lowest BCUT2D eigenvalue weighted by Crippen LogP contribution is -2.47. The highest BCUT2D eigenvalue weighted by Crippen LogP contribution is 2.31. The smallest absolute Gasteiger partial charge is 0.227 e. The number of rotatable bonds is 6. The van der Waals surface area contributed by atoms with Crippen LogP contribution in [0, 0.1) is 5.41 Å². The van der Waals surface area contributed by atoms with E-state index in [0.29, 0.717) is 0 Å². The molecule has 16 heavy (non-hydrogen) atoms. The van der Waals surface area contributed by atoms with Gasteiger partial charge in [0, 0.05) is 6.54 Å². The molecule has 0 aromatic heterocycles. The lowest BCUT2D eigenvalue weighted by Gasteiger charge is -2.28. The van der Waals surface area contributed by atoms with E-state index >= 15 is 0 Å². The van der Waals surface area contributed by atoms with E-state index in [1.165, 1.54) is 0 Å². The molecule has 0 aromatic rings. The Labute approximate surface area is 97.8 Å². The molecule has 0 bridgehead atoms. The molecule has 0 aliphatic carbocycles. The fraction of sp³-hybridized carbons (Fsp3) is 0.917. The third-order valence-electron chi connectivity index (χ3n) is 3.50. The maximum absolute atomic E-state index is 12.2. The van der Waals surface area contributed by atoms with Crippen molar-refractivity contribution in [2.75, 3.05) is 19.7 Å². The largest absolute Gasteiger partial charge is 0.394 e. The molecule has 94 valence electrons. The van der Waals surface area contributed by atoms with Crippen molar-refractivity contribution in [2.45, 2.75) is 45.6 Å². The molecule has 2 atom stereocenters. The first kappa shape index (κ1) is 13.5. The standard InChI is InChI=1S/C12H24N2O2/c1-3-5-12(6-7-13-9-12)11(16)14-10(4-2)8-15/h10,13,15H,3-9H2,1-2H3,(H,14,16)/t10-,12?/m0/s1. The van der Waals surface area contributed by atoms with Crippen molar-refractivity contribution in [3.05, 3.63) is 0 Å². The van der Waals surface area contributed by atoms with Gasteiger partial charge >= 0.3 is 0 Å². The fourth-order valence-corrected chi connectivity index (χ4v) is 2.36. The first-order chi connectivity index (χ1) is 7.68. The van der Waals surface area contributed by atoms with Crippen molar-refractivity contribution < 1.29 is 9.90 Å². The molecule has 1 aliphatic rings. The molecule has 1 saturated heterocycles. The summed E-state index contributed by atoms with van der Waals surface area (Å²) in [6.45, 7) is 5.80. The van der Waals surface area contributed by atoms with Crippen LogP contribution in [-0.4, -0.2) is 36.8 Å². The second-order valence-electron chi connectivity index (χ2n) is 4.72. The summed E-state index contributed by atoms with van der Waals surface area (Å²) in [6.07, 6.45) is 3.63. The van der Waals surface area contributed by atoms with Gasteiger partial charge in [-0.25, -0.2) is 0 Å². The van der Waals surface area contributed by atoms with Gasteiger partial charge in [-0.05, 0) is 25.8 Å². The average molecular weight is 228 g/mol. The minimum Gasteiger partial charge on any atom is -0.394 e. The monoisotopic (exact) mass is 228 g/mol. The molecule has 1 amide bonds. The molecule has 1 unspecified atom stereocenters. The number of aliphatic hydroxyl groups excluding tert-OH is 1. The molecule has 0 spiro atoms. The molecular weight excluding hydrogens is 204 g/mol. The molecular formula is C12H24N2O2. The number of hydrogen-bond acceptors (Lipinski definition) is 3. The van der Waals surface area contributed by atoms with Gasteiger partial charge in [0.25, 0.3) is 0 Å². The molecule has 1 heterocycles. The van der Waals surface area contributed by atoms with E-state index in [1.807, 2.05) is 6.92 Å². The van der Waals surface area contributed by atoms with Gasteiger partial charge in [-0.1, -0.05) is 20.3 Å². The van der Waals surface area contributed by atoms with Crippen molar-refractivity contribution in [1.29, 1.82) is 0 Å². The van der Waals surface area contributed by atoms with Gasteiger partial charge in [-0.2, -0.15) is 0 Å². The van der Waals surface area contributed by atoms with E-state index in [9.17, 15) is 4.79 Å². The molecule has 1 rings (SSSR count). The minimum atomic E-state index is -0.239. The molecule has 4 nitrogen and oxygen atoms in total. The van der Waals surface area contributed by atoms with Crippen LogP contribution >= 0.6 is 0 Å². The normalized spacial score (nSPS) is 26.7. The Morgan fingerprint density at radius 3 is 2.75 bits per heavy atom. The number of aliphatic hydroxyl groups is 1. The quantitative estimate of drug-likeness (QED) is 0.625. The van der Waals surface area contributed by atoms with Crippen LogP contribution in [0.15, 0.2) is 0 Å². The third-order valence-corrected chi connectivity index (χ3v) is 3.50. The molecule has 3 N–H and O–H groups in total. The molecule has 0 aromatic carbocycles. The summed E-state index contributed by atoms with van der Waals surface area (Å²) >= 11 is 0. The van der Waals surface area contributed by atoms with E-state index in [4.69, 9.17) is 5.11 Å². The van der Waals surface area contributed by atoms with Crippen molar-refractivity contribution >= 4 is 5.91 Å². The zero-order valence-corrected chi connectivity index (χ0v) is 10.4. The Morgan fingerprint density at radius 2 is 2.31 bits per heavy atom. The highest BCUT2D eigenvalue weighted by atomic mass is 16.3. The van der Waals surface area contributed by atoms with Gasteiger partial charge in [0.15, 0.2) is 0 Å². The Kier molecular flexibility index (Phi) is 5.22. The summed E-state index contributed by atoms with van der Waals surface area (Å²) in [7, 11) is 0. The van der Waals surface area contributed by atoms with E-state index < -0.39 is 0 Å². The predicted octanol–water partition coefficient (Wildman–Crippen LogP) is 0.653. The number of carbonyl (C=O) groups excluding carboxylic acids is 1. The van der Waals surface area contributed by atoms with Gasteiger partial charge in [0.1, 0.15) is 0 Å². The Balaban J connectivity index is 2.60. The first-order valence-electron chi connectivity index (χ1n) is 6.31. The van der Waals surface area contributed by atoms with Crippen molar-refractivity contribution in [3.8, 4) is 0 Å². The number of nitrogens with one attached hydrogen (secondary N) is 2. The third kappa shape index (κ3) is 2.95. The number of amides is 1. The van der Waals surface area contributed by atoms with E-state index in [0.717, 1.165) is 38.8 Å². The van der Waals surface area contributed by atoms with Gasteiger partial charge in [0.05, 0.1) is 18.1 Å². The highest BCUT2D eigenvalue weighted by Gasteiger charge is 2.40. The van der Waals surface area contributed by atoms with Crippen molar-refractivity contribution in [1.82, 2.24) is 10.6 Å². The van der Waals surface area contributed by atoms with Gasteiger partial charge in [-0.3, -0.25) is 4.79 Å². The number of hydrogen-bond donors (Lipinski definition) is 3. The Hall–Kier alpha value is -0.610. The topological polar surface area (TPSA) is 61.4 Å². The van der Waals surface area contributed by atoms with Gasteiger partial charge in [0.2, 0.25) is 5.91 Å². The van der Waals surface area contributed by atoms with E-state index in [1.54, 1.807) is 0 Å². The summed E-state index contributed by atoms with van der Waals surface area (Å²) in [5, 5.41) is 15.3. The minimum absolute atomic E-state index is 0.0257. The lowest BCUT2D eigenvalue weighted by atomic mass is 9.81. The van der Waals surface area contributed by atoms with Crippen molar-refractivity contribution in [2.24, 2.45) is 5.41 Å². The molecule has 1 fully saturated rings. The van der Waals surface area contributed by atoms with Crippen molar-refractivity contribution in [3.63, 3.8) is 0 Å².